The highest BCUT2D eigenvalue weighted by atomic mass is 32.2. The largest absolute Gasteiger partial charge is 0.380 e. The van der Waals surface area contributed by atoms with Gasteiger partial charge in [0, 0.05) is 12.6 Å². The molecule has 1 unspecified atom stereocenters. The maximum Gasteiger partial charge on any atom is 0.154 e. The average molecular weight is 237 g/mol. The van der Waals surface area contributed by atoms with Gasteiger partial charge in [0.05, 0.1) is 18.1 Å². The fourth-order valence-electron chi connectivity index (χ4n) is 1.09. The van der Waals surface area contributed by atoms with Gasteiger partial charge in [0.1, 0.15) is 0 Å². The van der Waals surface area contributed by atoms with Gasteiger partial charge in [0.15, 0.2) is 9.84 Å². The Kier molecular flexibility index (Phi) is 7.13. The number of ether oxygens (including phenoxy) is 1. The summed E-state index contributed by atoms with van der Waals surface area (Å²) >= 11 is 0. The molecule has 15 heavy (non-hydrogen) atoms. The van der Waals surface area contributed by atoms with Crippen LogP contribution in [0.15, 0.2) is 0 Å². The molecule has 0 heterocycles. The standard InChI is InChI=1S/C10H23NO3S/c1-9(2)4-5-14-6-7-15(12,13)8-10(3)11/h9-10H,4-8,11H2,1-3H3. The monoisotopic (exact) mass is 237 g/mol. The molecule has 0 amide bonds. The summed E-state index contributed by atoms with van der Waals surface area (Å²) in [5.41, 5.74) is 5.43. The molecule has 0 fully saturated rings. The van der Waals surface area contributed by atoms with Crippen LogP contribution >= 0.6 is 0 Å². The van der Waals surface area contributed by atoms with Crippen LogP contribution in [-0.4, -0.2) is 39.2 Å². The minimum atomic E-state index is -3.03. The third-order valence-electron chi connectivity index (χ3n) is 1.90. The normalized spacial score (nSPS) is 14.5. The van der Waals surface area contributed by atoms with E-state index < -0.39 is 9.84 Å². The van der Waals surface area contributed by atoms with Crippen molar-refractivity contribution in [1.29, 1.82) is 0 Å². The van der Waals surface area contributed by atoms with E-state index in [4.69, 9.17) is 10.5 Å². The van der Waals surface area contributed by atoms with Crippen LogP contribution in [-0.2, 0) is 14.6 Å². The van der Waals surface area contributed by atoms with Gasteiger partial charge in [-0.2, -0.15) is 0 Å². The second kappa shape index (κ2) is 7.19. The van der Waals surface area contributed by atoms with Crippen LogP contribution < -0.4 is 5.73 Å². The first kappa shape index (κ1) is 14.9. The fraction of sp³-hybridized carbons (Fsp3) is 1.00. The van der Waals surface area contributed by atoms with Gasteiger partial charge in [-0.25, -0.2) is 8.42 Å². The van der Waals surface area contributed by atoms with Crippen molar-refractivity contribution in [1.82, 2.24) is 0 Å². The highest BCUT2D eigenvalue weighted by molar-refractivity contribution is 7.91. The summed E-state index contributed by atoms with van der Waals surface area (Å²) < 4.78 is 28.0. The average Bonchev–Trinajstić information content (AvgIpc) is 1.99. The molecule has 0 aromatic heterocycles. The van der Waals surface area contributed by atoms with E-state index in [1.54, 1.807) is 6.92 Å². The molecule has 0 radical (unpaired) electrons. The predicted molar refractivity (Wildman–Crippen MR) is 62.6 cm³/mol. The molecule has 0 saturated carbocycles. The summed E-state index contributed by atoms with van der Waals surface area (Å²) in [4.78, 5) is 0. The lowest BCUT2D eigenvalue weighted by Crippen LogP contribution is -2.29. The van der Waals surface area contributed by atoms with E-state index in [9.17, 15) is 8.42 Å². The Bertz CT molecular complexity index is 247. The molecular weight excluding hydrogens is 214 g/mol. The number of sulfone groups is 1. The zero-order valence-electron chi connectivity index (χ0n) is 9.90. The van der Waals surface area contributed by atoms with Gasteiger partial charge >= 0.3 is 0 Å². The number of nitrogens with two attached hydrogens (primary N) is 1. The van der Waals surface area contributed by atoms with Crippen molar-refractivity contribution >= 4 is 9.84 Å². The van der Waals surface area contributed by atoms with Gasteiger partial charge in [0.25, 0.3) is 0 Å². The highest BCUT2D eigenvalue weighted by Gasteiger charge is 2.12. The predicted octanol–water partition coefficient (Wildman–Crippen LogP) is 0.811. The maximum atomic E-state index is 11.4. The van der Waals surface area contributed by atoms with Crippen molar-refractivity contribution in [2.75, 3.05) is 24.7 Å². The van der Waals surface area contributed by atoms with E-state index in [1.807, 2.05) is 0 Å². The van der Waals surface area contributed by atoms with E-state index in [0.29, 0.717) is 12.5 Å². The molecule has 0 spiro atoms. The molecule has 0 aliphatic heterocycles. The second-order valence-electron chi connectivity index (χ2n) is 4.39. The first-order valence-corrected chi connectivity index (χ1v) is 7.19. The third kappa shape index (κ3) is 10.2. The van der Waals surface area contributed by atoms with Crippen LogP contribution in [0.1, 0.15) is 27.2 Å². The lowest BCUT2D eigenvalue weighted by atomic mass is 10.1. The summed E-state index contributed by atoms with van der Waals surface area (Å²) in [6.07, 6.45) is 0.966. The molecule has 2 N–H and O–H groups in total. The summed E-state index contributed by atoms with van der Waals surface area (Å²) in [7, 11) is -3.03. The quantitative estimate of drug-likeness (QED) is 0.634. The molecule has 0 aliphatic carbocycles. The number of hydrogen-bond donors (Lipinski definition) is 1. The Morgan fingerprint density at radius 2 is 1.80 bits per heavy atom. The Morgan fingerprint density at radius 3 is 2.27 bits per heavy atom. The van der Waals surface area contributed by atoms with Gasteiger partial charge < -0.3 is 10.5 Å². The molecule has 92 valence electrons. The molecule has 4 nitrogen and oxygen atoms in total. The molecular formula is C10H23NO3S. The molecule has 0 aromatic carbocycles. The van der Waals surface area contributed by atoms with Gasteiger partial charge in [-0.05, 0) is 19.3 Å². The van der Waals surface area contributed by atoms with E-state index in [-0.39, 0.29) is 24.2 Å². The van der Waals surface area contributed by atoms with Crippen molar-refractivity contribution in [3.05, 3.63) is 0 Å². The zero-order valence-corrected chi connectivity index (χ0v) is 10.7. The van der Waals surface area contributed by atoms with Crippen molar-refractivity contribution < 1.29 is 13.2 Å². The van der Waals surface area contributed by atoms with Gasteiger partial charge in [-0.1, -0.05) is 13.8 Å². The van der Waals surface area contributed by atoms with E-state index in [2.05, 4.69) is 13.8 Å². The SMILES string of the molecule is CC(C)CCOCCS(=O)(=O)CC(C)N. The minimum absolute atomic E-state index is 0.0422. The lowest BCUT2D eigenvalue weighted by Gasteiger charge is -2.08. The summed E-state index contributed by atoms with van der Waals surface area (Å²) in [5.74, 6) is 0.707. The number of hydrogen-bond acceptors (Lipinski definition) is 4. The maximum absolute atomic E-state index is 11.4. The van der Waals surface area contributed by atoms with E-state index in [0.717, 1.165) is 6.42 Å². The van der Waals surface area contributed by atoms with E-state index >= 15 is 0 Å². The van der Waals surface area contributed by atoms with Crippen LogP contribution in [0.5, 0.6) is 0 Å². The van der Waals surface area contributed by atoms with Crippen LogP contribution in [0, 0.1) is 5.92 Å². The summed E-state index contributed by atoms with van der Waals surface area (Å²) in [5, 5.41) is 0. The fourth-order valence-corrected chi connectivity index (χ4v) is 2.43. The molecule has 0 aliphatic rings. The third-order valence-corrected chi connectivity index (χ3v) is 3.72. The van der Waals surface area contributed by atoms with Crippen molar-refractivity contribution in [2.45, 2.75) is 33.2 Å². The van der Waals surface area contributed by atoms with Crippen LogP contribution in [0.4, 0.5) is 0 Å². The Balaban J connectivity index is 3.58. The molecule has 0 rings (SSSR count). The van der Waals surface area contributed by atoms with Gasteiger partial charge in [-0.3, -0.25) is 0 Å². The number of rotatable bonds is 8. The van der Waals surface area contributed by atoms with Crippen molar-refractivity contribution in [2.24, 2.45) is 11.7 Å². The zero-order chi connectivity index (χ0) is 11.9. The van der Waals surface area contributed by atoms with Gasteiger partial charge in [-0.15, -0.1) is 0 Å². The van der Waals surface area contributed by atoms with Crippen LogP contribution in [0.3, 0.4) is 0 Å². The van der Waals surface area contributed by atoms with Crippen LogP contribution in [0.25, 0.3) is 0 Å². The Hall–Kier alpha value is -0.130. The second-order valence-corrected chi connectivity index (χ2v) is 6.62. The topological polar surface area (TPSA) is 69.4 Å². The molecule has 0 bridgehead atoms. The lowest BCUT2D eigenvalue weighted by molar-refractivity contribution is 0.137. The molecule has 5 heteroatoms. The summed E-state index contributed by atoms with van der Waals surface area (Å²) in [6.45, 7) is 6.82. The van der Waals surface area contributed by atoms with Gasteiger partial charge in [0.2, 0.25) is 0 Å². The molecule has 0 aromatic rings. The van der Waals surface area contributed by atoms with Crippen LogP contribution in [0.2, 0.25) is 0 Å². The smallest absolute Gasteiger partial charge is 0.154 e. The Morgan fingerprint density at radius 1 is 1.20 bits per heavy atom. The highest BCUT2D eigenvalue weighted by Crippen LogP contribution is 1.99. The first-order valence-electron chi connectivity index (χ1n) is 5.37. The minimum Gasteiger partial charge on any atom is -0.380 e. The van der Waals surface area contributed by atoms with Crippen molar-refractivity contribution in [3.63, 3.8) is 0 Å². The molecule has 0 saturated heterocycles. The summed E-state index contributed by atoms with van der Waals surface area (Å²) in [6, 6.07) is -0.300. The van der Waals surface area contributed by atoms with Crippen molar-refractivity contribution in [3.8, 4) is 0 Å². The van der Waals surface area contributed by atoms with E-state index in [1.165, 1.54) is 0 Å². The first-order chi connectivity index (χ1) is 6.83. The molecule has 1 atom stereocenters. The Labute approximate surface area is 93.1 Å².